The summed E-state index contributed by atoms with van der Waals surface area (Å²) in [6, 6.07) is 49.6. The number of aryl methyl sites for hydroxylation is 1. The van der Waals surface area contributed by atoms with Gasteiger partial charge in [0.1, 0.15) is 0 Å². The Morgan fingerprint density at radius 1 is 0.579 bits per heavy atom. The molecule has 6 aromatic carbocycles. The van der Waals surface area contributed by atoms with E-state index in [0.29, 0.717) is 0 Å². The van der Waals surface area contributed by atoms with Crippen LogP contribution in [0.25, 0.3) is 45.6 Å². The van der Waals surface area contributed by atoms with Crippen molar-refractivity contribution in [2.45, 2.75) is 41.0 Å². The first-order valence-corrected chi connectivity index (χ1v) is 20.4. The van der Waals surface area contributed by atoms with Crippen molar-refractivity contribution >= 4 is 34.7 Å². The average molecular weight is 732 g/mol. The topological polar surface area (TPSA) is 3.24 Å². The highest BCUT2D eigenvalue weighted by Gasteiger charge is 2.53. The van der Waals surface area contributed by atoms with E-state index < -0.39 is 5.41 Å². The number of hydrogen-bond donors (Lipinski definition) is 0. The summed E-state index contributed by atoms with van der Waals surface area (Å²) in [5.41, 5.74) is 25.4. The molecule has 1 nitrogen and oxygen atoms in total. The lowest BCUT2D eigenvalue weighted by Crippen LogP contribution is -2.41. The number of nitrogens with zero attached hydrogens (tertiary/aromatic N) is 1. The standard InChI is InChI=1S/C56H45N/c1-35-30-46-42-24-13-9-20-38(42)31-48(46)53(36(35)2)57(52-28-16-15-26-44(52)37-18-7-6-8-19-37)54-51(55(3,4)5)34-47-43-25-14-11-22-40(43)33-50(47)56(54)29-17-27-45-41-23-12-10-21-39(41)32-49(45)56/h6-30,32-34H,31H2,1-5H3. The van der Waals surface area contributed by atoms with Crippen molar-refractivity contribution in [2.75, 3.05) is 4.90 Å². The van der Waals surface area contributed by atoms with Crippen LogP contribution in [-0.2, 0) is 6.42 Å². The second-order valence-corrected chi connectivity index (χ2v) is 17.4. The summed E-state index contributed by atoms with van der Waals surface area (Å²) >= 11 is 0. The van der Waals surface area contributed by atoms with Gasteiger partial charge in [-0.3, -0.25) is 0 Å². The lowest BCUT2D eigenvalue weighted by Gasteiger charge is -2.50. The van der Waals surface area contributed by atoms with Crippen molar-refractivity contribution in [3.63, 3.8) is 0 Å². The van der Waals surface area contributed by atoms with Gasteiger partial charge in [-0.05, 0) is 133 Å². The molecular weight excluding hydrogens is 687 g/mol. The summed E-state index contributed by atoms with van der Waals surface area (Å²) in [6.45, 7) is 11.9. The predicted molar refractivity (Wildman–Crippen MR) is 241 cm³/mol. The summed E-state index contributed by atoms with van der Waals surface area (Å²) in [6.07, 6.45) is 15.7. The highest BCUT2D eigenvalue weighted by Crippen LogP contribution is 2.66. The monoisotopic (exact) mass is 731 g/mol. The Kier molecular flexibility index (Phi) is 7.29. The van der Waals surface area contributed by atoms with E-state index in [2.05, 4.69) is 209 Å². The second kappa shape index (κ2) is 12.3. The largest absolute Gasteiger partial charge is 0.311 e. The van der Waals surface area contributed by atoms with Crippen LogP contribution in [-0.4, -0.2) is 0 Å². The summed E-state index contributed by atoms with van der Waals surface area (Å²) in [5.74, 6) is 0. The predicted octanol–water partition coefficient (Wildman–Crippen LogP) is 14.5. The van der Waals surface area contributed by atoms with E-state index in [0.717, 1.165) is 6.42 Å². The minimum absolute atomic E-state index is 0.219. The molecular formula is C56H45N. The minimum Gasteiger partial charge on any atom is -0.311 e. The highest BCUT2D eigenvalue weighted by atomic mass is 15.2. The van der Waals surface area contributed by atoms with Gasteiger partial charge in [-0.15, -0.1) is 0 Å². The minimum atomic E-state index is -0.618. The Labute approximate surface area is 337 Å². The molecule has 0 saturated carbocycles. The Bertz CT molecular complexity index is 2900. The molecule has 0 radical (unpaired) electrons. The van der Waals surface area contributed by atoms with E-state index in [4.69, 9.17) is 0 Å². The van der Waals surface area contributed by atoms with Gasteiger partial charge in [0.15, 0.2) is 0 Å². The Hall–Kier alpha value is -6.44. The van der Waals surface area contributed by atoms with E-state index in [-0.39, 0.29) is 5.41 Å². The van der Waals surface area contributed by atoms with Crippen molar-refractivity contribution in [3.05, 3.63) is 225 Å². The van der Waals surface area contributed by atoms with Crippen molar-refractivity contribution in [1.29, 1.82) is 0 Å². The van der Waals surface area contributed by atoms with E-state index in [1.165, 1.54) is 112 Å². The quantitative estimate of drug-likeness (QED) is 0.174. The van der Waals surface area contributed by atoms with Gasteiger partial charge in [0, 0.05) is 17.7 Å². The van der Waals surface area contributed by atoms with Crippen LogP contribution < -0.4 is 4.90 Å². The fraction of sp³-hybridized carbons (Fsp3) is 0.143. The number of para-hydroxylation sites is 1. The molecule has 11 rings (SSSR count). The SMILES string of the molecule is Cc1cc2c(c(N(C3=C(C(C)(C)C)C=C4C(=Cc5ccccc54)C34C=CC=C3C4=Cc4ccccc43)c3ccccc3-c3ccccc3)c1C)Cc1ccccc1-2. The molecule has 274 valence electrons. The first-order chi connectivity index (χ1) is 27.7. The molecule has 0 bridgehead atoms. The molecule has 1 unspecified atom stereocenters. The first kappa shape index (κ1) is 33.9. The molecule has 0 amide bonds. The van der Waals surface area contributed by atoms with E-state index in [9.17, 15) is 0 Å². The fourth-order valence-corrected chi connectivity index (χ4v) is 10.4. The van der Waals surface area contributed by atoms with Gasteiger partial charge in [0.25, 0.3) is 0 Å². The molecule has 0 N–H and O–H groups in total. The third-order valence-electron chi connectivity index (χ3n) is 13.1. The molecule has 0 aliphatic heterocycles. The fourth-order valence-electron chi connectivity index (χ4n) is 10.4. The van der Waals surface area contributed by atoms with Crippen molar-refractivity contribution in [3.8, 4) is 22.3 Å². The number of fused-ring (bicyclic) bond motifs is 11. The lowest BCUT2D eigenvalue weighted by molar-refractivity contribution is 0.492. The molecule has 6 aromatic rings. The van der Waals surface area contributed by atoms with E-state index in [1.54, 1.807) is 0 Å². The molecule has 5 aliphatic rings. The molecule has 0 saturated heterocycles. The molecule has 0 fully saturated rings. The molecule has 5 aliphatic carbocycles. The molecule has 0 heterocycles. The zero-order chi connectivity index (χ0) is 38.6. The molecule has 0 aromatic heterocycles. The Balaban J connectivity index is 1.32. The van der Waals surface area contributed by atoms with E-state index >= 15 is 0 Å². The number of rotatable bonds is 4. The van der Waals surface area contributed by atoms with Crippen LogP contribution in [0.1, 0.15) is 65.3 Å². The van der Waals surface area contributed by atoms with Gasteiger partial charge in [-0.1, -0.05) is 166 Å². The zero-order valence-electron chi connectivity index (χ0n) is 33.3. The van der Waals surface area contributed by atoms with E-state index in [1.807, 2.05) is 0 Å². The second-order valence-electron chi connectivity index (χ2n) is 17.4. The van der Waals surface area contributed by atoms with Gasteiger partial charge in [0.05, 0.1) is 16.8 Å². The third-order valence-corrected chi connectivity index (χ3v) is 13.1. The average Bonchev–Trinajstić information content (AvgIpc) is 3.92. The van der Waals surface area contributed by atoms with Crippen molar-refractivity contribution < 1.29 is 0 Å². The Morgan fingerprint density at radius 3 is 1.89 bits per heavy atom. The lowest BCUT2D eigenvalue weighted by atomic mass is 9.59. The summed E-state index contributed by atoms with van der Waals surface area (Å²) in [4.78, 5) is 2.75. The maximum atomic E-state index is 2.75. The van der Waals surface area contributed by atoms with Crippen LogP contribution in [0, 0.1) is 24.7 Å². The third kappa shape index (κ3) is 4.82. The molecule has 1 heteroatoms. The number of allylic oxidation sites excluding steroid dienone is 7. The first-order valence-electron chi connectivity index (χ1n) is 20.4. The summed E-state index contributed by atoms with van der Waals surface area (Å²) in [7, 11) is 0. The van der Waals surface area contributed by atoms with Crippen LogP contribution in [0.15, 0.2) is 180 Å². The van der Waals surface area contributed by atoms with Gasteiger partial charge in [0.2, 0.25) is 0 Å². The normalized spacial score (nSPS) is 18.2. The van der Waals surface area contributed by atoms with Crippen LogP contribution in [0.5, 0.6) is 0 Å². The van der Waals surface area contributed by atoms with Crippen molar-refractivity contribution in [2.24, 2.45) is 10.8 Å². The van der Waals surface area contributed by atoms with Crippen LogP contribution in [0.2, 0.25) is 0 Å². The highest BCUT2D eigenvalue weighted by molar-refractivity contribution is 6.08. The van der Waals surface area contributed by atoms with Gasteiger partial charge < -0.3 is 4.90 Å². The van der Waals surface area contributed by atoms with Crippen LogP contribution in [0.3, 0.4) is 0 Å². The van der Waals surface area contributed by atoms with Crippen LogP contribution >= 0.6 is 0 Å². The zero-order valence-corrected chi connectivity index (χ0v) is 33.3. The van der Waals surface area contributed by atoms with Crippen LogP contribution in [0.4, 0.5) is 11.4 Å². The Morgan fingerprint density at radius 2 is 1.18 bits per heavy atom. The maximum absolute atomic E-state index is 2.75. The number of anilines is 2. The maximum Gasteiger partial charge on any atom is 0.0806 e. The summed E-state index contributed by atoms with van der Waals surface area (Å²) < 4.78 is 0. The molecule has 1 spiro atoms. The molecule has 1 atom stereocenters. The summed E-state index contributed by atoms with van der Waals surface area (Å²) in [5, 5.41) is 0. The number of benzene rings is 6. The molecule has 57 heavy (non-hydrogen) atoms. The van der Waals surface area contributed by atoms with Gasteiger partial charge in [-0.2, -0.15) is 0 Å². The van der Waals surface area contributed by atoms with Gasteiger partial charge >= 0.3 is 0 Å². The number of hydrogen-bond acceptors (Lipinski definition) is 1. The van der Waals surface area contributed by atoms with Gasteiger partial charge in [-0.25, -0.2) is 0 Å². The van der Waals surface area contributed by atoms with Crippen molar-refractivity contribution in [1.82, 2.24) is 0 Å². The smallest absolute Gasteiger partial charge is 0.0806 e.